The highest BCUT2D eigenvalue weighted by Crippen LogP contribution is 2.44. The molecular weight excluding hydrogens is 643 g/mol. The van der Waals surface area contributed by atoms with E-state index in [1.54, 1.807) is 11.3 Å². The maximum Gasteiger partial charge on any atom is 0.147 e. The first-order valence-electron chi connectivity index (χ1n) is 16.9. The fourth-order valence-electron chi connectivity index (χ4n) is 7.86. The van der Waals surface area contributed by atoms with E-state index in [0.29, 0.717) is 5.56 Å². The standard InChI is InChI=1S/C46H25N3OS/c47-26-27-14-20-32-37-25-30(19-23-38(37)49(39(32)24-27)31-8-2-1-3-9-31)28-15-17-29(18-16-28)43-42-35-11-4-6-12-40(35)50-45(42)36-22-21-34-33-10-5-7-13-41(33)51-46(34)44(36)48-43/h1-25H. The van der Waals surface area contributed by atoms with Crippen LogP contribution >= 0.6 is 11.3 Å². The second kappa shape index (κ2) is 10.6. The first-order chi connectivity index (χ1) is 25.2. The third kappa shape index (κ3) is 4.09. The van der Waals surface area contributed by atoms with Crippen molar-refractivity contribution in [2.75, 3.05) is 0 Å². The molecule has 0 aliphatic carbocycles. The summed E-state index contributed by atoms with van der Waals surface area (Å²) in [6.45, 7) is 0. The molecule has 0 amide bonds. The van der Waals surface area contributed by atoms with E-state index in [9.17, 15) is 5.26 Å². The fraction of sp³-hybridized carbons (Fsp3) is 0. The van der Waals surface area contributed by atoms with Crippen LogP contribution in [0.4, 0.5) is 0 Å². The molecule has 0 aliphatic heterocycles. The lowest BCUT2D eigenvalue weighted by Gasteiger charge is -2.10. The Balaban J connectivity index is 1.10. The molecule has 4 heterocycles. The SMILES string of the molecule is N#Cc1ccc2c3cc(-c4ccc(-c5nc6c(ccc7c8ccccc8sc76)c6oc7ccccc7c56)cc4)ccc3n(-c3ccccc3)c2c1. The van der Waals surface area contributed by atoms with Gasteiger partial charge in [-0.3, -0.25) is 0 Å². The van der Waals surface area contributed by atoms with Gasteiger partial charge in [0, 0.05) is 48.3 Å². The summed E-state index contributed by atoms with van der Waals surface area (Å²) in [4.78, 5) is 5.47. The molecule has 4 nitrogen and oxygen atoms in total. The van der Waals surface area contributed by atoms with Crippen LogP contribution in [0.3, 0.4) is 0 Å². The van der Waals surface area contributed by atoms with Gasteiger partial charge in [0.1, 0.15) is 11.2 Å². The zero-order valence-electron chi connectivity index (χ0n) is 27.1. The highest BCUT2D eigenvalue weighted by atomic mass is 32.1. The Hall–Kier alpha value is -6.74. The number of nitriles is 1. The molecule has 236 valence electrons. The van der Waals surface area contributed by atoms with Gasteiger partial charge in [0.2, 0.25) is 0 Å². The van der Waals surface area contributed by atoms with E-state index in [2.05, 4.69) is 120 Å². The summed E-state index contributed by atoms with van der Waals surface area (Å²) >= 11 is 1.79. The number of rotatable bonds is 3. The third-order valence-electron chi connectivity index (χ3n) is 10.2. The van der Waals surface area contributed by atoms with Crippen LogP contribution in [0.2, 0.25) is 0 Å². The molecular formula is C46H25N3OS. The Labute approximate surface area is 295 Å². The molecule has 7 aromatic carbocycles. The molecule has 0 N–H and O–H groups in total. The molecule has 0 unspecified atom stereocenters. The van der Waals surface area contributed by atoms with Crippen LogP contribution in [0.15, 0.2) is 156 Å². The molecule has 11 aromatic rings. The lowest BCUT2D eigenvalue weighted by Crippen LogP contribution is -1.93. The summed E-state index contributed by atoms with van der Waals surface area (Å²) < 4.78 is 11.3. The van der Waals surface area contributed by atoms with Crippen molar-refractivity contribution in [1.29, 1.82) is 5.26 Å². The topological polar surface area (TPSA) is 54.8 Å². The van der Waals surface area contributed by atoms with Gasteiger partial charge in [-0.25, -0.2) is 4.98 Å². The predicted octanol–water partition coefficient (Wildman–Crippen LogP) is 12.8. The largest absolute Gasteiger partial charge is 0.455 e. The number of furan rings is 1. The Bertz CT molecular complexity index is 3250. The molecule has 0 atom stereocenters. The monoisotopic (exact) mass is 667 g/mol. The van der Waals surface area contributed by atoms with Gasteiger partial charge in [0.15, 0.2) is 0 Å². The number of nitrogens with zero attached hydrogens (tertiary/aromatic N) is 3. The normalized spacial score (nSPS) is 11.9. The van der Waals surface area contributed by atoms with Gasteiger partial charge in [-0.2, -0.15) is 5.26 Å². The first-order valence-corrected chi connectivity index (χ1v) is 17.7. The van der Waals surface area contributed by atoms with E-state index >= 15 is 0 Å². The molecule has 0 aliphatic rings. The molecule has 0 bridgehead atoms. The fourth-order valence-corrected chi connectivity index (χ4v) is 9.06. The molecule has 5 heteroatoms. The molecule has 11 rings (SSSR count). The van der Waals surface area contributed by atoms with Crippen LogP contribution in [0, 0.1) is 11.3 Å². The van der Waals surface area contributed by atoms with Gasteiger partial charge < -0.3 is 8.98 Å². The zero-order chi connectivity index (χ0) is 33.6. The Kier molecular flexibility index (Phi) is 5.86. The van der Waals surface area contributed by atoms with Crippen LogP contribution in [0.1, 0.15) is 5.56 Å². The van der Waals surface area contributed by atoms with Crippen LogP contribution in [0.25, 0.3) is 103 Å². The predicted molar refractivity (Wildman–Crippen MR) is 212 cm³/mol. The summed E-state index contributed by atoms with van der Waals surface area (Å²) in [5.74, 6) is 0. The quantitative estimate of drug-likeness (QED) is 0.188. The average Bonchev–Trinajstić information content (AvgIpc) is 3.87. The highest BCUT2D eigenvalue weighted by Gasteiger charge is 2.21. The zero-order valence-corrected chi connectivity index (χ0v) is 27.9. The second-order valence-corrected chi connectivity index (χ2v) is 14.1. The van der Waals surface area contributed by atoms with Crippen molar-refractivity contribution in [3.63, 3.8) is 0 Å². The van der Waals surface area contributed by atoms with Crippen LogP contribution in [-0.4, -0.2) is 9.55 Å². The number of fused-ring (bicyclic) bond motifs is 12. The Morgan fingerprint density at radius 3 is 2.16 bits per heavy atom. The minimum Gasteiger partial charge on any atom is -0.455 e. The molecule has 0 saturated carbocycles. The number of pyridine rings is 1. The average molecular weight is 668 g/mol. The molecule has 4 aromatic heterocycles. The molecule has 51 heavy (non-hydrogen) atoms. The first kappa shape index (κ1) is 28.1. The minimum atomic E-state index is 0.646. The minimum absolute atomic E-state index is 0.646. The molecule has 0 spiro atoms. The van der Waals surface area contributed by atoms with Gasteiger partial charge in [-0.05, 0) is 65.7 Å². The van der Waals surface area contributed by atoms with Crippen molar-refractivity contribution >= 4 is 86.2 Å². The number of aromatic nitrogens is 2. The molecule has 0 radical (unpaired) electrons. The number of hydrogen-bond donors (Lipinski definition) is 0. The van der Waals surface area contributed by atoms with Crippen LogP contribution in [-0.2, 0) is 0 Å². The lowest BCUT2D eigenvalue weighted by atomic mass is 9.98. The number of para-hydroxylation sites is 2. The van der Waals surface area contributed by atoms with Crippen molar-refractivity contribution in [2.24, 2.45) is 0 Å². The van der Waals surface area contributed by atoms with Gasteiger partial charge in [-0.15, -0.1) is 11.3 Å². The van der Waals surface area contributed by atoms with Crippen LogP contribution in [0.5, 0.6) is 0 Å². The third-order valence-corrected chi connectivity index (χ3v) is 11.4. The number of thiophene rings is 1. The van der Waals surface area contributed by atoms with Crippen molar-refractivity contribution in [1.82, 2.24) is 9.55 Å². The second-order valence-electron chi connectivity index (χ2n) is 13.0. The summed E-state index contributed by atoms with van der Waals surface area (Å²) in [5, 5.41) is 17.6. The summed E-state index contributed by atoms with van der Waals surface area (Å²) in [5.41, 5.74) is 10.8. The van der Waals surface area contributed by atoms with E-state index in [1.165, 1.54) is 20.2 Å². The van der Waals surface area contributed by atoms with Crippen molar-refractivity contribution in [3.8, 4) is 34.1 Å². The Morgan fingerprint density at radius 2 is 1.29 bits per heavy atom. The van der Waals surface area contributed by atoms with Gasteiger partial charge in [0.05, 0.1) is 44.0 Å². The van der Waals surface area contributed by atoms with Crippen LogP contribution < -0.4 is 0 Å². The van der Waals surface area contributed by atoms with Gasteiger partial charge >= 0.3 is 0 Å². The Morgan fingerprint density at radius 1 is 0.569 bits per heavy atom. The van der Waals surface area contributed by atoms with Crippen molar-refractivity contribution in [2.45, 2.75) is 0 Å². The molecule has 0 fully saturated rings. The van der Waals surface area contributed by atoms with Crippen molar-refractivity contribution < 1.29 is 4.42 Å². The van der Waals surface area contributed by atoms with Gasteiger partial charge in [-0.1, -0.05) is 97.1 Å². The van der Waals surface area contributed by atoms with Crippen molar-refractivity contribution in [3.05, 3.63) is 157 Å². The van der Waals surface area contributed by atoms with E-state index in [4.69, 9.17) is 9.40 Å². The van der Waals surface area contributed by atoms with E-state index in [-0.39, 0.29) is 0 Å². The lowest BCUT2D eigenvalue weighted by molar-refractivity contribution is 0.672. The number of benzene rings is 7. The summed E-state index contributed by atoms with van der Waals surface area (Å²) in [7, 11) is 0. The maximum absolute atomic E-state index is 9.69. The maximum atomic E-state index is 9.69. The highest BCUT2D eigenvalue weighted by molar-refractivity contribution is 7.26. The smallest absolute Gasteiger partial charge is 0.147 e. The molecule has 0 saturated heterocycles. The summed E-state index contributed by atoms with van der Waals surface area (Å²) in [6, 6.07) is 55.3. The van der Waals surface area contributed by atoms with E-state index in [0.717, 1.165) is 82.7 Å². The van der Waals surface area contributed by atoms with Gasteiger partial charge in [0.25, 0.3) is 0 Å². The van der Waals surface area contributed by atoms with E-state index < -0.39 is 0 Å². The van der Waals surface area contributed by atoms with E-state index in [1.807, 2.05) is 42.5 Å². The number of hydrogen-bond acceptors (Lipinski definition) is 4. The summed E-state index contributed by atoms with van der Waals surface area (Å²) in [6.07, 6.45) is 0.